The predicted molar refractivity (Wildman–Crippen MR) is 95.4 cm³/mol. The van der Waals surface area contributed by atoms with Crippen molar-refractivity contribution in [3.63, 3.8) is 0 Å². The molecule has 0 fully saturated rings. The summed E-state index contributed by atoms with van der Waals surface area (Å²) in [5.41, 5.74) is 2.47. The molecule has 0 aliphatic heterocycles. The van der Waals surface area contributed by atoms with Crippen molar-refractivity contribution >= 4 is 17.7 Å². The summed E-state index contributed by atoms with van der Waals surface area (Å²) >= 11 is 0. The number of aromatic nitrogens is 1. The molecule has 0 atom stereocenters. The lowest BCUT2D eigenvalue weighted by Crippen LogP contribution is -2.12. The normalized spacial score (nSPS) is 10.1. The lowest BCUT2D eigenvalue weighted by molar-refractivity contribution is -0.131. The molecule has 0 radical (unpaired) electrons. The van der Waals surface area contributed by atoms with E-state index < -0.39 is 0 Å². The van der Waals surface area contributed by atoms with E-state index in [1.165, 1.54) is 6.92 Å². The van der Waals surface area contributed by atoms with Crippen molar-refractivity contribution in [2.24, 2.45) is 0 Å². The molecule has 5 nitrogen and oxygen atoms in total. The smallest absolute Gasteiger partial charge is 0.308 e. The van der Waals surface area contributed by atoms with Gasteiger partial charge in [-0.2, -0.15) is 0 Å². The zero-order chi connectivity index (χ0) is 17.6. The molecule has 3 aromatic rings. The molecule has 3 rings (SSSR count). The fourth-order valence-electron chi connectivity index (χ4n) is 2.32. The Morgan fingerprint density at radius 1 is 0.880 bits per heavy atom. The average molecular weight is 332 g/mol. The van der Waals surface area contributed by atoms with E-state index >= 15 is 0 Å². The van der Waals surface area contributed by atoms with Crippen LogP contribution in [0.2, 0.25) is 0 Å². The van der Waals surface area contributed by atoms with E-state index in [1.807, 2.05) is 30.3 Å². The first-order valence-electron chi connectivity index (χ1n) is 7.73. The third-order valence-corrected chi connectivity index (χ3v) is 3.50. The van der Waals surface area contributed by atoms with E-state index in [2.05, 4.69) is 10.3 Å². The van der Waals surface area contributed by atoms with Crippen molar-refractivity contribution in [2.75, 3.05) is 5.32 Å². The van der Waals surface area contributed by atoms with Crippen LogP contribution in [0.15, 0.2) is 72.9 Å². The number of carbonyl (C=O) groups excluding carboxylic acids is 2. The lowest BCUT2D eigenvalue weighted by atomic mass is 10.0. The zero-order valence-corrected chi connectivity index (χ0v) is 13.6. The Kier molecular flexibility index (Phi) is 4.85. The largest absolute Gasteiger partial charge is 0.427 e. The van der Waals surface area contributed by atoms with Crippen molar-refractivity contribution in [2.45, 2.75) is 6.92 Å². The minimum Gasteiger partial charge on any atom is -0.427 e. The van der Waals surface area contributed by atoms with Crippen LogP contribution in [-0.2, 0) is 4.79 Å². The number of nitrogens with one attached hydrogen (secondary N) is 1. The number of ether oxygens (including phenoxy) is 1. The van der Waals surface area contributed by atoms with Crippen LogP contribution < -0.4 is 10.1 Å². The molecule has 1 N–H and O–H groups in total. The van der Waals surface area contributed by atoms with E-state index in [4.69, 9.17) is 4.74 Å². The van der Waals surface area contributed by atoms with Gasteiger partial charge in [-0.15, -0.1) is 0 Å². The number of benzene rings is 2. The minimum absolute atomic E-state index is 0.213. The van der Waals surface area contributed by atoms with Crippen LogP contribution >= 0.6 is 0 Å². The second kappa shape index (κ2) is 7.40. The number of nitrogens with zero attached hydrogens (tertiary/aromatic N) is 1. The molecule has 0 spiro atoms. The minimum atomic E-state index is -0.351. The second-order valence-corrected chi connectivity index (χ2v) is 5.36. The highest BCUT2D eigenvalue weighted by atomic mass is 16.5. The van der Waals surface area contributed by atoms with Gasteiger partial charge in [0.2, 0.25) is 0 Å². The molecule has 124 valence electrons. The number of pyridine rings is 1. The van der Waals surface area contributed by atoms with Gasteiger partial charge in [0.25, 0.3) is 5.91 Å². The van der Waals surface area contributed by atoms with Crippen molar-refractivity contribution in [3.05, 3.63) is 78.5 Å². The van der Waals surface area contributed by atoms with Gasteiger partial charge in [0.15, 0.2) is 0 Å². The van der Waals surface area contributed by atoms with E-state index in [-0.39, 0.29) is 11.9 Å². The SMILES string of the molecule is CC(=O)Oc1ccc(-c2ccc(C(=O)Nc3ccccn3)cc2)cc1. The summed E-state index contributed by atoms with van der Waals surface area (Å²) in [7, 11) is 0. The van der Waals surface area contributed by atoms with Crippen molar-refractivity contribution < 1.29 is 14.3 Å². The number of hydrogen-bond donors (Lipinski definition) is 1. The lowest BCUT2D eigenvalue weighted by Gasteiger charge is -2.07. The van der Waals surface area contributed by atoms with Crippen LogP contribution in [0.5, 0.6) is 5.75 Å². The number of amides is 1. The highest BCUT2D eigenvalue weighted by Gasteiger charge is 2.07. The van der Waals surface area contributed by atoms with E-state index in [0.717, 1.165) is 11.1 Å². The Morgan fingerprint density at radius 3 is 2.08 bits per heavy atom. The summed E-state index contributed by atoms with van der Waals surface area (Å²) in [6.45, 7) is 1.36. The summed E-state index contributed by atoms with van der Waals surface area (Å²) in [4.78, 5) is 27.2. The molecule has 0 aliphatic rings. The Morgan fingerprint density at radius 2 is 1.52 bits per heavy atom. The highest BCUT2D eigenvalue weighted by molar-refractivity contribution is 6.04. The zero-order valence-electron chi connectivity index (χ0n) is 13.6. The molecule has 5 heteroatoms. The molecular formula is C20H16N2O3. The van der Waals surface area contributed by atoms with Gasteiger partial charge in [-0.1, -0.05) is 30.3 Å². The van der Waals surface area contributed by atoms with Crippen LogP contribution in [0, 0.1) is 0 Å². The number of hydrogen-bond acceptors (Lipinski definition) is 4. The summed E-state index contributed by atoms with van der Waals surface area (Å²) in [6, 6.07) is 19.8. The maximum Gasteiger partial charge on any atom is 0.308 e. The first-order chi connectivity index (χ1) is 12.1. The molecule has 1 aromatic heterocycles. The van der Waals surface area contributed by atoms with E-state index in [0.29, 0.717) is 17.1 Å². The third kappa shape index (κ3) is 4.29. The molecular weight excluding hydrogens is 316 g/mol. The van der Waals surface area contributed by atoms with Crippen LogP contribution in [0.25, 0.3) is 11.1 Å². The number of carbonyl (C=O) groups is 2. The average Bonchev–Trinajstić information content (AvgIpc) is 2.63. The van der Waals surface area contributed by atoms with Crippen LogP contribution in [-0.4, -0.2) is 16.9 Å². The molecule has 25 heavy (non-hydrogen) atoms. The third-order valence-electron chi connectivity index (χ3n) is 3.50. The van der Waals surface area contributed by atoms with Gasteiger partial charge in [-0.25, -0.2) is 4.98 Å². The van der Waals surface area contributed by atoms with Gasteiger partial charge in [0.05, 0.1) is 0 Å². The quantitative estimate of drug-likeness (QED) is 0.581. The number of esters is 1. The predicted octanol–water partition coefficient (Wildman–Crippen LogP) is 3.93. The summed E-state index contributed by atoms with van der Waals surface area (Å²) < 4.78 is 5.01. The first kappa shape index (κ1) is 16.4. The Labute approximate surface area is 145 Å². The number of anilines is 1. The van der Waals surface area contributed by atoms with Crippen LogP contribution in [0.3, 0.4) is 0 Å². The van der Waals surface area contributed by atoms with Gasteiger partial charge in [0.1, 0.15) is 11.6 Å². The van der Waals surface area contributed by atoms with Crippen LogP contribution in [0.1, 0.15) is 17.3 Å². The van der Waals surface area contributed by atoms with E-state index in [1.54, 1.807) is 42.6 Å². The first-order valence-corrected chi connectivity index (χ1v) is 7.73. The molecule has 2 aromatic carbocycles. The molecule has 0 saturated heterocycles. The fraction of sp³-hybridized carbons (Fsp3) is 0.0500. The van der Waals surface area contributed by atoms with E-state index in [9.17, 15) is 9.59 Å². The van der Waals surface area contributed by atoms with Gasteiger partial charge < -0.3 is 10.1 Å². The van der Waals surface area contributed by atoms with Crippen LogP contribution in [0.4, 0.5) is 5.82 Å². The summed E-state index contributed by atoms with van der Waals surface area (Å²) in [5.74, 6) is 0.451. The molecule has 1 amide bonds. The molecule has 0 unspecified atom stereocenters. The maximum absolute atomic E-state index is 12.2. The number of rotatable bonds is 4. The van der Waals surface area contributed by atoms with Gasteiger partial charge >= 0.3 is 5.97 Å². The van der Waals surface area contributed by atoms with Gasteiger partial charge in [0, 0.05) is 18.7 Å². The molecule has 1 heterocycles. The maximum atomic E-state index is 12.2. The Bertz CT molecular complexity index is 873. The summed E-state index contributed by atoms with van der Waals surface area (Å²) in [6.07, 6.45) is 1.62. The fourth-order valence-corrected chi connectivity index (χ4v) is 2.32. The molecule has 0 aliphatic carbocycles. The topological polar surface area (TPSA) is 68.3 Å². The standard InChI is InChI=1S/C20H16N2O3/c1-14(23)25-18-11-9-16(10-12-18)15-5-7-17(8-6-15)20(24)22-19-4-2-3-13-21-19/h2-13H,1H3,(H,21,22,24). The Balaban J connectivity index is 1.71. The highest BCUT2D eigenvalue weighted by Crippen LogP contribution is 2.23. The van der Waals surface area contributed by atoms with Gasteiger partial charge in [-0.3, -0.25) is 9.59 Å². The second-order valence-electron chi connectivity index (χ2n) is 5.36. The van der Waals surface area contributed by atoms with Crippen molar-refractivity contribution in [3.8, 4) is 16.9 Å². The monoisotopic (exact) mass is 332 g/mol. The van der Waals surface area contributed by atoms with Crippen molar-refractivity contribution in [1.82, 2.24) is 4.98 Å². The van der Waals surface area contributed by atoms with Gasteiger partial charge in [-0.05, 0) is 47.5 Å². The Hall–Kier alpha value is -3.47. The molecule has 0 saturated carbocycles. The summed E-state index contributed by atoms with van der Waals surface area (Å²) in [5, 5.41) is 2.74. The van der Waals surface area contributed by atoms with Crippen molar-refractivity contribution in [1.29, 1.82) is 0 Å². The molecule has 0 bridgehead atoms.